The molecule has 0 fully saturated rings. The van der Waals surface area contributed by atoms with Crippen LogP contribution in [0.3, 0.4) is 0 Å². The molecule has 0 radical (unpaired) electrons. The summed E-state index contributed by atoms with van der Waals surface area (Å²) in [5.41, 5.74) is 14.7. The van der Waals surface area contributed by atoms with E-state index in [4.69, 9.17) is 9.97 Å². The van der Waals surface area contributed by atoms with Crippen LogP contribution in [0.4, 0.5) is 16.2 Å². The lowest BCUT2D eigenvalue weighted by Crippen LogP contribution is -2.32. The van der Waals surface area contributed by atoms with E-state index >= 15 is 0 Å². The SMILES string of the molecule is O=C(NCCNc1c2nc(c(-c3ccccc3)c3ccc([nH]3)c(-c3ccccc3)c3nc(c(-c4ccccc4)c4ccc1[nH]4)C=C3)C=C2)Nc1ccccc1. The van der Waals surface area contributed by atoms with E-state index in [9.17, 15) is 4.79 Å². The highest BCUT2D eigenvalue weighted by Gasteiger charge is 2.18. The topological polar surface area (TPSA) is 111 Å². The largest absolute Gasteiger partial charge is 0.380 e. The molecule has 4 aromatic carbocycles. The van der Waals surface area contributed by atoms with Gasteiger partial charge >= 0.3 is 6.03 Å². The molecule has 7 aromatic rings. The number of urea groups is 1. The van der Waals surface area contributed by atoms with Crippen molar-refractivity contribution in [1.82, 2.24) is 25.3 Å². The minimum atomic E-state index is -0.268. The molecule has 0 saturated carbocycles. The standard InChI is InChI=1S/C47H37N7O/c55-47(50-34-19-11-4-12-20-34)49-30-29-48-46-41-27-25-39(53-41)44(32-15-7-2-8-16-32)37-23-21-35(51-37)43(31-13-5-1-6-14-31)36-22-24-38(52-36)45(33-17-9-3-10-18-33)40-26-28-42(46)54-40/h1-28,48,51,54H,29-30H2,(H2,49,50,55). The maximum absolute atomic E-state index is 12.7. The highest BCUT2D eigenvalue weighted by atomic mass is 16.2. The second kappa shape index (κ2) is 14.9. The number of H-pyrrole nitrogens is 2. The molecule has 3 aromatic heterocycles. The number of fused-ring (bicyclic) bond motifs is 8. The molecular weight excluding hydrogens is 679 g/mol. The summed E-state index contributed by atoms with van der Waals surface area (Å²) < 4.78 is 0. The van der Waals surface area contributed by atoms with Crippen molar-refractivity contribution < 1.29 is 4.79 Å². The lowest BCUT2D eigenvalue weighted by atomic mass is 10.0. The van der Waals surface area contributed by atoms with Gasteiger partial charge < -0.3 is 25.9 Å². The number of para-hydroxylation sites is 1. The van der Waals surface area contributed by atoms with Gasteiger partial charge in [-0.05, 0) is 77.4 Å². The van der Waals surface area contributed by atoms with E-state index in [0.717, 1.165) is 89.6 Å². The van der Waals surface area contributed by atoms with Crippen LogP contribution in [0.2, 0.25) is 0 Å². The summed E-state index contributed by atoms with van der Waals surface area (Å²) in [4.78, 5) is 30.8. The van der Waals surface area contributed by atoms with Crippen molar-refractivity contribution in [3.63, 3.8) is 0 Å². The van der Waals surface area contributed by atoms with Gasteiger partial charge in [-0.1, -0.05) is 109 Å². The summed E-state index contributed by atoms with van der Waals surface area (Å²) >= 11 is 0. The average molecular weight is 716 g/mol. The van der Waals surface area contributed by atoms with Crippen molar-refractivity contribution in [3.8, 4) is 33.4 Å². The van der Waals surface area contributed by atoms with Gasteiger partial charge in [0.1, 0.15) is 0 Å². The number of aromatic nitrogens is 4. The first-order chi connectivity index (χ1) is 27.2. The molecule has 8 heteroatoms. The minimum absolute atomic E-state index is 0.268. The van der Waals surface area contributed by atoms with Gasteiger partial charge in [-0.3, -0.25) is 0 Å². The van der Waals surface area contributed by atoms with Gasteiger partial charge in [0.05, 0.1) is 34.0 Å². The molecule has 2 amide bonds. The summed E-state index contributed by atoms with van der Waals surface area (Å²) in [5.74, 6) is 0. The quantitative estimate of drug-likeness (QED) is 0.101. The van der Waals surface area contributed by atoms with Crippen molar-refractivity contribution in [2.24, 2.45) is 0 Å². The maximum Gasteiger partial charge on any atom is 0.319 e. The third-order valence-electron chi connectivity index (χ3n) is 9.69. The molecule has 0 spiro atoms. The molecule has 266 valence electrons. The first kappa shape index (κ1) is 33.4. The molecular formula is C47H37N7O. The third-order valence-corrected chi connectivity index (χ3v) is 9.69. The lowest BCUT2D eigenvalue weighted by molar-refractivity contribution is 0.252. The van der Waals surface area contributed by atoms with E-state index in [2.05, 4.69) is 117 Å². The molecule has 0 unspecified atom stereocenters. The molecule has 2 aliphatic heterocycles. The summed E-state index contributed by atoms with van der Waals surface area (Å²) in [6.45, 7) is 0.849. The second-order valence-electron chi connectivity index (χ2n) is 13.3. The predicted molar refractivity (Wildman–Crippen MR) is 227 cm³/mol. The number of amides is 2. The number of benzene rings is 4. The van der Waals surface area contributed by atoms with Crippen LogP contribution in [-0.4, -0.2) is 39.1 Å². The van der Waals surface area contributed by atoms with Crippen molar-refractivity contribution in [2.75, 3.05) is 23.7 Å². The molecule has 8 nitrogen and oxygen atoms in total. The molecule has 2 aliphatic rings. The minimum Gasteiger partial charge on any atom is -0.380 e. The van der Waals surface area contributed by atoms with Crippen LogP contribution >= 0.6 is 0 Å². The zero-order valence-corrected chi connectivity index (χ0v) is 29.9. The fraction of sp³-hybridized carbons (Fsp3) is 0.0426. The average Bonchev–Trinajstić information content (AvgIpc) is 4.07. The Morgan fingerprint density at radius 1 is 0.455 bits per heavy atom. The maximum atomic E-state index is 12.7. The number of aromatic amines is 2. The second-order valence-corrected chi connectivity index (χ2v) is 13.3. The number of rotatable bonds is 8. The van der Waals surface area contributed by atoms with Crippen LogP contribution in [0.25, 0.3) is 79.8 Å². The molecule has 5 heterocycles. The molecule has 9 rings (SSSR count). The Kier molecular flexibility index (Phi) is 9.04. The first-order valence-electron chi connectivity index (χ1n) is 18.3. The zero-order chi connectivity index (χ0) is 37.0. The van der Waals surface area contributed by atoms with Crippen molar-refractivity contribution in [3.05, 3.63) is 168 Å². The van der Waals surface area contributed by atoms with Crippen LogP contribution < -0.4 is 16.0 Å². The summed E-state index contributed by atoms with van der Waals surface area (Å²) in [5, 5.41) is 9.45. The molecule has 0 aliphatic carbocycles. The fourth-order valence-corrected chi connectivity index (χ4v) is 7.18. The van der Waals surface area contributed by atoms with E-state index in [1.54, 1.807) is 0 Å². The van der Waals surface area contributed by atoms with Gasteiger partial charge in [0.25, 0.3) is 0 Å². The van der Waals surface area contributed by atoms with E-state index in [1.807, 2.05) is 78.9 Å². The van der Waals surface area contributed by atoms with Crippen molar-refractivity contribution >= 4 is 63.8 Å². The molecule has 55 heavy (non-hydrogen) atoms. The Balaban J connectivity index is 1.26. The molecule has 0 atom stereocenters. The van der Waals surface area contributed by atoms with E-state index in [1.165, 1.54) is 0 Å². The summed E-state index contributed by atoms with van der Waals surface area (Å²) in [7, 11) is 0. The van der Waals surface area contributed by atoms with Gasteiger partial charge in [0, 0.05) is 52.0 Å². The Labute approximate surface area is 318 Å². The van der Waals surface area contributed by atoms with Crippen LogP contribution in [0, 0.1) is 0 Å². The molecule has 5 N–H and O–H groups in total. The Morgan fingerprint density at radius 2 is 0.855 bits per heavy atom. The van der Waals surface area contributed by atoms with Crippen LogP contribution in [0.1, 0.15) is 22.8 Å². The molecule has 0 saturated heterocycles. The van der Waals surface area contributed by atoms with E-state index in [-0.39, 0.29) is 6.03 Å². The highest BCUT2D eigenvalue weighted by molar-refractivity contribution is 5.99. The van der Waals surface area contributed by atoms with Crippen LogP contribution in [0.15, 0.2) is 146 Å². The number of anilines is 2. The van der Waals surface area contributed by atoms with Crippen molar-refractivity contribution in [1.29, 1.82) is 0 Å². The van der Waals surface area contributed by atoms with E-state index < -0.39 is 0 Å². The third kappa shape index (κ3) is 6.92. The van der Waals surface area contributed by atoms with Gasteiger partial charge in [-0.25, -0.2) is 14.8 Å². The predicted octanol–water partition coefficient (Wildman–Crippen LogP) is 10.9. The van der Waals surface area contributed by atoms with Gasteiger partial charge in [-0.15, -0.1) is 0 Å². The monoisotopic (exact) mass is 715 g/mol. The highest BCUT2D eigenvalue weighted by Crippen LogP contribution is 2.37. The zero-order valence-electron chi connectivity index (χ0n) is 29.9. The fourth-order valence-electron chi connectivity index (χ4n) is 7.18. The van der Waals surface area contributed by atoms with Crippen LogP contribution in [0.5, 0.6) is 0 Å². The Bertz CT molecular complexity index is 2700. The van der Waals surface area contributed by atoms with Gasteiger partial charge in [-0.2, -0.15) is 0 Å². The van der Waals surface area contributed by atoms with E-state index in [0.29, 0.717) is 13.1 Å². The summed E-state index contributed by atoms with van der Waals surface area (Å²) in [6, 6.07) is 48.7. The Morgan fingerprint density at radius 3 is 1.35 bits per heavy atom. The molecule has 8 bridgehead atoms. The van der Waals surface area contributed by atoms with Gasteiger partial charge in [0.15, 0.2) is 0 Å². The lowest BCUT2D eigenvalue weighted by Gasteiger charge is -2.10. The number of nitrogens with zero attached hydrogens (tertiary/aromatic N) is 2. The number of hydrogen-bond acceptors (Lipinski definition) is 4. The summed E-state index contributed by atoms with van der Waals surface area (Å²) in [6.07, 6.45) is 8.33. The number of carbonyl (C=O) groups excluding carboxylic acids is 1. The smallest absolute Gasteiger partial charge is 0.319 e. The number of hydrogen-bond donors (Lipinski definition) is 5. The number of nitrogens with one attached hydrogen (secondary N) is 5. The first-order valence-corrected chi connectivity index (χ1v) is 18.3. The normalized spacial score (nSPS) is 11.7. The van der Waals surface area contributed by atoms with Crippen LogP contribution in [-0.2, 0) is 0 Å². The Hall–Kier alpha value is -7.45. The van der Waals surface area contributed by atoms with Crippen molar-refractivity contribution in [2.45, 2.75) is 0 Å². The number of carbonyl (C=O) groups is 1. The van der Waals surface area contributed by atoms with Gasteiger partial charge in [0.2, 0.25) is 0 Å².